The molecule has 1 saturated heterocycles. The minimum atomic E-state index is -1.97. The Balaban J connectivity index is 1.91. The van der Waals surface area contributed by atoms with Crippen LogP contribution < -0.4 is 5.30 Å². The van der Waals surface area contributed by atoms with E-state index in [4.69, 9.17) is 16.3 Å². The van der Waals surface area contributed by atoms with Crippen LogP contribution >= 0.6 is 16.8 Å². The van der Waals surface area contributed by atoms with Crippen molar-refractivity contribution >= 4 is 34.0 Å². The fourth-order valence-electron chi connectivity index (χ4n) is 3.39. The summed E-state index contributed by atoms with van der Waals surface area (Å²) in [5.74, 6) is 0.637. The topological polar surface area (TPSA) is 9.23 Å². The molecule has 1 aromatic rings. The van der Waals surface area contributed by atoms with Crippen molar-refractivity contribution in [1.82, 2.24) is 0 Å². The second kappa shape index (κ2) is 5.53. The third-order valence-electron chi connectivity index (χ3n) is 4.87. The van der Waals surface area contributed by atoms with Crippen molar-refractivity contribution in [2.75, 3.05) is 0 Å². The maximum Gasteiger partial charge on any atom is 0.149 e. The standard InChI is InChI=1S/C17H23OPS2/c1-12(2)14-9-10-17(4)16(11-14)21-19(20,18-17)15-8-6-5-7-13(15)3/h5-8,14,16H,1,9-11H2,2-4H3/t14-,16+,17+,19+/m0/s1. The predicted octanol–water partition coefficient (Wildman–Crippen LogP) is 5.20. The van der Waals surface area contributed by atoms with Gasteiger partial charge in [0.25, 0.3) is 0 Å². The fourth-order valence-corrected chi connectivity index (χ4v) is 11.9. The van der Waals surface area contributed by atoms with Crippen LogP contribution in [0.1, 0.15) is 38.7 Å². The van der Waals surface area contributed by atoms with Crippen LogP contribution in [0.3, 0.4) is 0 Å². The van der Waals surface area contributed by atoms with Gasteiger partial charge in [-0.25, -0.2) is 0 Å². The summed E-state index contributed by atoms with van der Waals surface area (Å²) in [6.07, 6.45) is 3.46. The average molecular weight is 338 g/mol. The number of hydrogen-bond donors (Lipinski definition) is 0. The molecule has 1 aliphatic carbocycles. The van der Waals surface area contributed by atoms with E-state index in [1.54, 1.807) is 0 Å². The molecule has 0 amide bonds. The van der Waals surface area contributed by atoms with Gasteiger partial charge in [0.1, 0.15) is 5.47 Å². The zero-order chi connectivity index (χ0) is 15.3. The lowest BCUT2D eigenvalue weighted by Gasteiger charge is -2.38. The Labute approximate surface area is 137 Å². The summed E-state index contributed by atoms with van der Waals surface area (Å²) in [4.78, 5) is 0. The average Bonchev–Trinajstić information content (AvgIpc) is 2.69. The lowest BCUT2D eigenvalue weighted by Crippen LogP contribution is -2.40. The van der Waals surface area contributed by atoms with E-state index < -0.39 is 5.47 Å². The highest BCUT2D eigenvalue weighted by molar-refractivity contribution is 8.72. The minimum absolute atomic E-state index is 0.0472. The summed E-state index contributed by atoms with van der Waals surface area (Å²) in [6.45, 7) is 10.7. The minimum Gasteiger partial charge on any atom is -0.331 e. The molecule has 1 aliphatic heterocycles. The monoisotopic (exact) mass is 338 g/mol. The van der Waals surface area contributed by atoms with Crippen molar-refractivity contribution in [3.05, 3.63) is 42.0 Å². The highest BCUT2D eigenvalue weighted by Crippen LogP contribution is 2.73. The van der Waals surface area contributed by atoms with E-state index in [2.05, 4.69) is 51.6 Å². The van der Waals surface area contributed by atoms with Crippen molar-refractivity contribution < 1.29 is 4.52 Å². The zero-order valence-corrected chi connectivity index (χ0v) is 15.5. The summed E-state index contributed by atoms with van der Waals surface area (Å²) in [7, 11) is 0. The normalized spacial score (nSPS) is 39.0. The van der Waals surface area contributed by atoms with Crippen LogP contribution in [0.15, 0.2) is 36.4 Å². The highest BCUT2D eigenvalue weighted by Gasteiger charge is 2.52. The fraction of sp³-hybridized carbons (Fsp3) is 0.529. The van der Waals surface area contributed by atoms with E-state index in [0.717, 1.165) is 6.42 Å². The molecular formula is C17H23OPS2. The Kier molecular flexibility index (Phi) is 4.16. The third kappa shape index (κ3) is 2.79. The SMILES string of the molecule is C=C(C)[C@H]1CC[C@@]2(C)O[P@@](=S)(c3ccccc3C)S[C@@H]2C1. The van der Waals surface area contributed by atoms with Crippen LogP contribution in [0.25, 0.3) is 0 Å². The first-order valence-electron chi connectivity index (χ1n) is 7.55. The van der Waals surface area contributed by atoms with Crippen LogP contribution in [-0.4, -0.2) is 10.9 Å². The van der Waals surface area contributed by atoms with E-state index in [1.807, 2.05) is 11.4 Å². The van der Waals surface area contributed by atoms with Gasteiger partial charge in [0.2, 0.25) is 0 Å². The highest BCUT2D eigenvalue weighted by atomic mass is 32.9. The van der Waals surface area contributed by atoms with Crippen molar-refractivity contribution in [2.24, 2.45) is 5.92 Å². The second-order valence-corrected chi connectivity index (χ2v) is 13.4. The Hall–Kier alpha value is -0.0800. The van der Waals surface area contributed by atoms with Crippen LogP contribution in [0.5, 0.6) is 0 Å². The zero-order valence-electron chi connectivity index (χ0n) is 13.0. The lowest BCUT2D eigenvalue weighted by molar-refractivity contribution is 0.0685. The first-order valence-corrected chi connectivity index (χ1v) is 11.8. The van der Waals surface area contributed by atoms with Crippen molar-refractivity contribution in [3.63, 3.8) is 0 Å². The summed E-state index contributed by atoms with van der Waals surface area (Å²) in [5.41, 5.74) is 0.570. The van der Waals surface area contributed by atoms with Gasteiger partial charge in [0, 0.05) is 10.6 Å². The van der Waals surface area contributed by atoms with Crippen molar-refractivity contribution in [2.45, 2.75) is 50.9 Å². The summed E-state index contributed by atoms with van der Waals surface area (Å²) < 4.78 is 6.59. The number of fused-ring (bicyclic) bond motifs is 1. The lowest BCUT2D eigenvalue weighted by atomic mass is 9.77. The van der Waals surface area contributed by atoms with Gasteiger partial charge >= 0.3 is 0 Å². The molecule has 1 aromatic carbocycles. The van der Waals surface area contributed by atoms with Crippen molar-refractivity contribution in [3.8, 4) is 0 Å². The van der Waals surface area contributed by atoms with Gasteiger partial charge in [-0.15, -0.1) is 0 Å². The van der Waals surface area contributed by atoms with E-state index in [9.17, 15) is 0 Å². The number of allylic oxidation sites excluding steroid dienone is 1. The number of rotatable bonds is 2. The maximum absolute atomic E-state index is 6.59. The van der Waals surface area contributed by atoms with Gasteiger partial charge in [-0.2, -0.15) is 0 Å². The predicted molar refractivity (Wildman–Crippen MR) is 98.1 cm³/mol. The summed E-state index contributed by atoms with van der Waals surface area (Å²) in [5, 5.41) is 1.77. The molecule has 21 heavy (non-hydrogen) atoms. The number of hydrogen-bond acceptors (Lipinski definition) is 3. The molecule has 0 bridgehead atoms. The van der Waals surface area contributed by atoms with Crippen LogP contribution in [-0.2, 0) is 16.3 Å². The van der Waals surface area contributed by atoms with E-state index in [1.165, 1.54) is 29.3 Å². The van der Waals surface area contributed by atoms with Gasteiger partial charge in [0.05, 0.1) is 5.60 Å². The molecule has 0 N–H and O–H groups in total. The molecule has 2 aliphatic rings. The molecule has 0 aromatic heterocycles. The molecule has 114 valence electrons. The van der Waals surface area contributed by atoms with Crippen LogP contribution in [0.2, 0.25) is 0 Å². The van der Waals surface area contributed by atoms with Gasteiger partial charge in [-0.05, 0) is 51.5 Å². The Morgan fingerprint density at radius 1 is 1.48 bits per heavy atom. The molecule has 1 nitrogen and oxygen atoms in total. The smallest absolute Gasteiger partial charge is 0.149 e. The summed E-state index contributed by atoms with van der Waals surface area (Å²) in [6, 6.07) is 8.47. The quantitative estimate of drug-likeness (QED) is 0.542. The van der Waals surface area contributed by atoms with Crippen LogP contribution in [0, 0.1) is 12.8 Å². The van der Waals surface area contributed by atoms with Gasteiger partial charge in [-0.3, -0.25) is 0 Å². The summed E-state index contributed by atoms with van der Waals surface area (Å²) >= 11 is 7.99. The molecule has 4 heteroatoms. The first kappa shape index (κ1) is 15.8. The molecule has 2 fully saturated rings. The Morgan fingerprint density at radius 3 is 2.86 bits per heavy atom. The molecule has 4 atom stereocenters. The molecule has 1 saturated carbocycles. The van der Waals surface area contributed by atoms with Gasteiger partial charge in [-0.1, -0.05) is 59.6 Å². The van der Waals surface area contributed by atoms with Crippen LogP contribution in [0.4, 0.5) is 0 Å². The van der Waals surface area contributed by atoms with Crippen molar-refractivity contribution in [1.29, 1.82) is 0 Å². The number of aryl methyl sites for hydroxylation is 1. The molecule has 0 radical (unpaired) electrons. The molecule has 0 unspecified atom stereocenters. The first-order chi connectivity index (χ1) is 9.84. The molecule has 1 heterocycles. The van der Waals surface area contributed by atoms with Gasteiger partial charge < -0.3 is 4.52 Å². The Morgan fingerprint density at radius 2 is 2.19 bits per heavy atom. The second-order valence-electron chi connectivity index (χ2n) is 6.60. The third-order valence-corrected chi connectivity index (χ3v) is 11.8. The van der Waals surface area contributed by atoms with Gasteiger partial charge in [0.15, 0.2) is 0 Å². The number of benzene rings is 1. The Bertz CT molecular complexity index is 627. The molecule has 0 spiro atoms. The van der Waals surface area contributed by atoms with E-state index >= 15 is 0 Å². The van der Waals surface area contributed by atoms with E-state index in [0.29, 0.717) is 11.2 Å². The molecule has 3 rings (SSSR count). The largest absolute Gasteiger partial charge is 0.331 e. The van der Waals surface area contributed by atoms with E-state index in [-0.39, 0.29) is 5.60 Å². The maximum atomic E-state index is 6.59. The molecular weight excluding hydrogens is 315 g/mol.